The quantitative estimate of drug-likeness (QED) is 0.630. The van der Waals surface area contributed by atoms with Crippen molar-refractivity contribution in [1.82, 2.24) is 15.3 Å². The highest BCUT2D eigenvalue weighted by Gasteiger charge is 2.30. The molecule has 10 heteroatoms. The SMILES string of the molecule is O=C(CC(F)(F)F)NCc1cc2cc(F)c(OCc3cscn3)cc2[nH]1. The molecule has 0 bridgehead atoms. The Morgan fingerprint density at radius 2 is 2.12 bits per heavy atom. The summed E-state index contributed by atoms with van der Waals surface area (Å²) in [6.07, 6.45) is -6.10. The smallest absolute Gasteiger partial charge is 0.397 e. The third kappa shape index (κ3) is 4.72. The number of hydrogen-bond acceptors (Lipinski definition) is 4. The topological polar surface area (TPSA) is 67.0 Å². The maximum absolute atomic E-state index is 14.1. The summed E-state index contributed by atoms with van der Waals surface area (Å²) in [5.74, 6) is -1.67. The van der Waals surface area contributed by atoms with Crippen LogP contribution in [0.4, 0.5) is 17.6 Å². The Bertz CT molecular complexity index is 906. The number of alkyl halides is 3. The minimum absolute atomic E-state index is 0.0278. The highest BCUT2D eigenvalue weighted by atomic mass is 32.1. The van der Waals surface area contributed by atoms with Gasteiger partial charge < -0.3 is 15.0 Å². The van der Waals surface area contributed by atoms with Crippen LogP contribution in [-0.4, -0.2) is 22.1 Å². The van der Waals surface area contributed by atoms with Gasteiger partial charge in [0, 0.05) is 28.0 Å². The van der Waals surface area contributed by atoms with Gasteiger partial charge >= 0.3 is 6.18 Å². The number of amides is 1. The largest absolute Gasteiger partial charge is 0.484 e. The molecule has 0 fully saturated rings. The van der Waals surface area contributed by atoms with E-state index in [1.807, 2.05) is 0 Å². The number of carbonyl (C=O) groups is 1. The molecule has 1 amide bonds. The lowest BCUT2D eigenvalue weighted by atomic mass is 10.2. The number of nitrogens with one attached hydrogen (secondary N) is 2. The molecule has 0 saturated carbocycles. The molecule has 0 spiro atoms. The number of aromatic nitrogens is 2. The number of ether oxygens (including phenoxy) is 1. The Morgan fingerprint density at radius 3 is 2.81 bits per heavy atom. The zero-order chi connectivity index (χ0) is 18.7. The van der Waals surface area contributed by atoms with Crippen LogP contribution in [0.15, 0.2) is 29.1 Å². The van der Waals surface area contributed by atoms with Gasteiger partial charge in [0.2, 0.25) is 5.91 Å². The Balaban J connectivity index is 1.67. The van der Waals surface area contributed by atoms with E-state index in [4.69, 9.17) is 4.74 Å². The van der Waals surface area contributed by atoms with Crippen LogP contribution in [0.2, 0.25) is 0 Å². The van der Waals surface area contributed by atoms with E-state index in [9.17, 15) is 22.4 Å². The molecule has 0 atom stereocenters. The maximum Gasteiger partial charge on any atom is 0.397 e. The van der Waals surface area contributed by atoms with Gasteiger partial charge in [-0.25, -0.2) is 9.37 Å². The summed E-state index contributed by atoms with van der Waals surface area (Å²) in [6, 6.07) is 4.26. The first-order valence-corrected chi connectivity index (χ1v) is 8.39. The van der Waals surface area contributed by atoms with Gasteiger partial charge in [-0.1, -0.05) is 0 Å². The normalized spacial score (nSPS) is 11.7. The molecule has 138 valence electrons. The fourth-order valence-electron chi connectivity index (χ4n) is 2.30. The number of benzene rings is 1. The molecular weight excluding hydrogens is 374 g/mol. The number of thiazole rings is 1. The van der Waals surface area contributed by atoms with Gasteiger partial charge in [0.25, 0.3) is 0 Å². The van der Waals surface area contributed by atoms with Gasteiger partial charge in [-0.2, -0.15) is 13.2 Å². The van der Waals surface area contributed by atoms with E-state index in [1.54, 1.807) is 17.0 Å². The molecular formula is C16H13F4N3O2S. The molecule has 0 saturated heterocycles. The number of rotatable bonds is 6. The number of hydrogen-bond donors (Lipinski definition) is 2. The molecule has 5 nitrogen and oxygen atoms in total. The van der Waals surface area contributed by atoms with E-state index in [0.29, 0.717) is 22.3 Å². The van der Waals surface area contributed by atoms with E-state index in [-0.39, 0.29) is 18.9 Å². The zero-order valence-corrected chi connectivity index (χ0v) is 14.0. The van der Waals surface area contributed by atoms with Crippen molar-refractivity contribution in [3.8, 4) is 5.75 Å². The monoisotopic (exact) mass is 387 g/mol. The number of nitrogens with zero attached hydrogens (tertiary/aromatic N) is 1. The second-order valence-corrected chi connectivity index (χ2v) is 6.22. The standard InChI is InChI=1S/C16H13F4N3O2S/c17-12-2-9-1-10(5-21-15(24)4-16(18,19)20)23-13(9)3-14(12)25-6-11-7-26-8-22-11/h1-3,7-8,23H,4-6H2,(H,21,24). The van der Waals surface area contributed by atoms with Crippen molar-refractivity contribution < 1.29 is 27.1 Å². The summed E-state index contributed by atoms with van der Waals surface area (Å²) in [5, 5.41) is 4.47. The highest BCUT2D eigenvalue weighted by Crippen LogP contribution is 2.26. The fraction of sp³-hybridized carbons (Fsp3) is 0.250. The van der Waals surface area contributed by atoms with Crippen LogP contribution >= 0.6 is 11.3 Å². The Hall–Kier alpha value is -2.62. The molecule has 0 aliphatic heterocycles. The van der Waals surface area contributed by atoms with Gasteiger partial charge in [0.1, 0.15) is 13.0 Å². The average Bonchev–Trinajstić information content (AvgIpc) is 3.18. The van der Waals surface area contributed by atoms with Gasteiger partial charge in [0.05, 0.1) is 17.7 Å². The lowest BCUT2D eigenvalue weighted by Gasteiger charge is -2.06. The van der Waals surface area contributed by atoms with Crippen molar-refractivity contribution in [2.75, 3.05) is 0 Å². The molecule has 0 aliphatic rings. The molecule has 2 heterocycles. The molecule has 2 N–H and O–H groups in total. The lowest BCUT2D eigenvalue weighted by Crippen LogP contribution is -2.28. The molecule has 3 rings (SSSR count). The van der Waals surface area contributed by atoms with Crippen molar-refractivity contribution in [2.45, 2.75) is 25.7 Å². The predicted octanol–water partition coefficient (Wildman–Crippen LogP) is 3.91. The number of aromatic amines is 1. The fourth-order valence-corrected chi connectivity index (χ4v) is 2.84. The molecule has 26 heavy (non-hydrogen) atoms. The van der Waals surface area contributed by atoms with Crippen LogP contribution in [0.1, 0.15) is 17.8 Å². The second kappa shape index (κ2) is 7.32. The lowest BCUT2D eigenvalue weighted by molar-refractivity contribution is -0.153. The molecule has 2 aromatic heterocycles. The van der Waals surface area contributed by atoms with Crippen molar-refractivity contribution in [3.05, 3.63) is 46.3 Å². The third-order valence-electron chi connectivity index (χ3n) is 3.43. The summed E-state index contributed by atoms with van der Waals surface area (Å²) in [4.78, 5) is 18.2. The van der Waals surface area contributed by atoms with E-state index < -0.39 is 24.3 Å². The van der Waals surface area contributed by atoms with E-state index in [1.165, 1.54) is 23.5 Å². The van der Waals surface area contributed by atoms with Crippen LogP contribution in [0.3, 0.4) is 0 Å². The maximum atomic E-state index is 14.1. The summed E-state index contributed by atoms with van der Waals surface area (Å²) in [6.45, 7) is -0.00673. The molecule has 0 unspecified atom stereocenters. The Kier molecular flexibility index (Phi) is 5.12. The van der Waals surface area contributed by atoms with Crippen molar-refractivity contribution >= 4 is 28.1 Å². The van der Waals surface area contributed by atoms with Crippen LogP contribution < -0.4 is 10.1 Å². The number of halogens is 4. The summed E-state index contributed by atoms with van der Waals surface area (Å²) < 4.78 is 55.9. The van der Waals surface area contributed by atoms with Crippen molar-refractivity contribution in [1.29, 1.82) is 0 Å². The zero-order valence-electron chi connectivity index (χ0n) is 13.2. The molecule has 0 aliphatic carbocycles. The van der Waals surface area contributed by atoms with E-state index in [2.05, 4.69) is 15.3 Å². The summed E-state index contributed by atoms with van der Waals surface area (Å²) in [5.41, 5.74) is 3.31. The number of H-pyrrole nitrogens is 1. The molecule has 0 radical (unpaired) electrons. The van der Waals surface area contributed by atoms with Gasteiger partial charge in [0.15, 0.2) is 11.6 Å². The first kappa shape index (κ1) is 18.2. The predicted molar refractivity (Wildman–Crippen MR) is 87.2 cm³/mol. The van der Waals surface area contributed by atoms with Crippen molar-refractivity contribution in [3.63, 3.8) is 0 Å². The average molecular weight is 387 g/mol. The Morgan fingerprint density at radius 1 is 1.31 bits per heavy atom. The van der Waals surface area contributed by atoms with Crippen LogP contribution in [0.25, 0.3) is 10.9 Å². The Labute approximate surface area is 149 Å². The van der Waals surface area contributed by atoms with Crippen LogP contribution in [0.5, 0.6) is 5.75 Å². The van der Waals surface area contributed by atoms with Gasteiger partial charge in [-0.05, 0) is 12.1 Å². The minimum atomic E-state index is -4.56. The van der Waals surface area contributed by atoms with Gasteiger partial charge in [-0.3, -0.25) is 4.79 Å². The summed E-state index contributed by atoms with van der Waals surface area (Å²) in [7, 11) is 0. The van der Waals surface area contributed by atoms with Crippen molar-refractivity contribution in [2.24, 2.45) is 0 Å². The number of carbonyl (C=O) groups excluding carboxylic acids is 1. The van der Waals surface area contributed by atoms with E-state index >= 15 is 0 Å². The first-order chi connectivity index (χ1) is 12.3. The second-order valence-electron chi connectivity index (χ2n) is 5.50. The van der Waals surface area contributed by atoms with Gasteiger partial charge in [-0.15, -0.1) is 11.3 Å². The summed E-state index contributed by atoms with van der Waals surface area (Å²) >= 11 is 1.40. The minimum Gasteiger partial charge on any atom is -0.484 e. The van der Waals surface area contributed by atoms with Crippen LogP contribution in [0, 0.1) is 5.82 Å². The number of fused-ring (bicyclic) bond motifs is 1. The molecule has 3 aromatic rings. The first-order valence-electron chi connectivity index (χ1n) is 7.44. The van der Waals surface area contributed by atoms with E-state index in [0.717, 1.165) is 0 Å². The third-order valence-corrected chi connectivity index (χ3v) is 4.06. The highest BCUT2D eigenvalue weighted by molar-refractivity contribution is 7.07. The van der Waals surface area contributed by atoms with Crippen LogP contribution in [-0.2, 0) is 17.9 Å². The molecule has 1 aromatic carbocycles.